The lowest BCUT2D eigenvalue weighted by atomic mass is 9.72. The molecule has 0 aliphatic carbocycles. The fourth-order valence-corrected chi connectivity index (χ4v) is 12.3. The van der Waals surface area contributed by atoms with Crippen LogP contribution in [0.15, 0.2) is 44.8 Å². The Labute approximate surface area is 433 Å². The fourth-order valence-electron chi connectivity index (χ4n) is 9.75. The third-order valence-electron chi connectivity index (χ3n) is 14.2. The average Bonchev–Trinajstić information content (AvgIpc) is 3.31. The molecule has 6 nitrogen and oxygen atoms in total. The van der Waals surface area contributed by atoms with Crippen LogP contribution in [0.4, 0.5) is 0 Å². The van der Waals surface area contributed by atoms with Gasteiger partial charge >= 0.3 is 16.8 Å². The largest absolute Gasteiger partial charge is 0.453 e. The monoisotopic (exact) mass is 1010 g/mol. The van der Waals surface area contributed by atoms with Crippen LogP contribution in [0.25, 0.3) is 33.1 Å². The third kappa shape index (κ3) is 12.0. The lowest BCUT2D eigenvalue weighted by Gasteiger charge is -2.37. The minimum Gasteiger partial charge on any atom is -0.426 e. The average molecular weight is 1010 g/mol. The zero-order chi connectivity index (χ0) is 53.9. The number of hydrogen-bond acceptors (Lipinski definition) is 6. The van der Waals surface area contributed by atoms with E-state index < -0.39 is 16.8 Å². The van der Waals surface area contributed by atoms with Gasteiger partial charge in [-0.25, -0.2) is 0 Å². The molecular weight excluding hydrogens is 915 g/mol. The molecule has 4 aromatic carbocycles. The van der Waals surface area contributed by atoms with Crippen molar-refractivity contribution in [1.82, 2.24) is 0 Å². The fraction of sp³-hybridized carbons (Fsp3) is 0.619. The van der Waals surface area contributed by atoms with Crippen molar-refractivity contribution in [2.75, 3.05) is 13.2 Å². The van der Waals surface area contributed by atoms with Crippen LogP contribution in [0.5, 0.6) is 11.5 Å². The zero-order valence-corrected chi connectivity index (χ0v) is 51.5. The molecule has 0 bridgehead atoms. The van der Waals surface area contributed by atoms with Crippen LogP contribution >= 0.6 is 16.8 Å². The van der Waals surface area contributed by atoms with Gasteiger partial charge in [-0.1, -0.05) is 204 Å². The Balaban J connectivity index is 1.92. The van der Waals surface area contributed by atoms with E-state index in [9.17, 15) is 0 Å². The molecule has 0 radical (unpaired) electrons. The second-order valence-corrected chi connectivity index (χ2v) is 32.1. The molecule has 71 heavy (non-hydrogen) atoms. The van der Waals surface area contributed by atoms with E-state index in [1.165, 1.54) is 22.3 Å². The van der Waals surface area contributed by atoms with E-state index in [0.29, 0.717) is 13.2 Å². The second kappa shape index (κ2) is 18.5. The van der Waals surface area contributed by atoms with E-state index in [0.717, 1.165) is 77.9 Å². The van der Waals surface area contributed by atoms with Crippen LogP contribution in [0.3, 0.4) is 0 Å². The Hall–Kier alpha value is -3.27. The van der Waals surface area contributed by atoms with Gasteiger partial charge in [0.1, 0.15) is 22.7 Å². The first-order chi connectivity index (χ1) is 31.8. The van der Waals surface area contributed by atoms with Crippen molar-refractivity contribution in [3.8, 4) is 22.6 Å². The highest BCUT2D eigenvalue weighted by Crippen LogP contribution is 2.58. The molecule has 1 fully saturated rings. The molecular formula is C63H94O6P2. The third-order valence-corrected chi connectivity index (χ3v) is 16.2. The molecule has 0 amide bonds. The molecule has 1 aliphatic rings. The Morgan fingerprint density at radius 3 is 1.00 bits per heavy atom. The van der Waals surface area contributed by atoms with Gasteiger partial charge in [0.05, 0.1) is 13.2 Å². The summed E-state index contributed by atoms with van der Waals surface area (Å²) in [6.45, 7) is 65.0. The summed E-state index contributed by atoms with van der Waals surface area (Å²) < 4.78 is 43.3. The molecule has 0 atom stereocenters. The summed E-state index contributed by atoms with van der Waals surface area (Å²) in [5.74, 6) is 1.51. The van der Waals surface area contributed by atoms with Crippen molar-refractivity contribution in [2.24, 2.45) is 5.41 Å². The van der Waals surface area contributed by atoms with E-state index in [2.05, 4.69) is 230 Å². The molecule has 0 unspecified atom stereocenters. The molecule has 1 aromatic heterocycles. The first kappa shape index (κ1) is 57.0. The van der Waals surface area contributed by atoms with Gasteiger partial charge in [-0.2, -0.15) is 0 Å². The SMILES string of the molecule is Cc1c(C(C)(C)C)cc(C(C)(C)C)c(OP2OCC(C)(C)CO2)c1-c1c(C)c(C(C)(C)C)cc(C(C)(C)C)c1Op1oc2c(C(C)(C)C)cc(C(C)(C)C)cc2c2cc(C(C)(C)C)cc(C(C)(C)C)c2o1. The van der Waals surface area contributed by atoms with Crippen LogP contribution in [-0.2, 0) is 52.4 Å². The highest BCUT2D eigenvalue weighted by molar-refractivity contribution is 7.42. The highest BCUT2D eigenvalue weighted by Gasteiger charge is 2.39. The predicted octanol–water partition coefficient (Wildman–Crippen LogP) is 20.5. The van der Waals surface area contributed by atoms with Gasteiger partial charge in [0.2, 0.25) is 0 Å². The van der Waals surface area contributed by atoms with Crippen molar-refractivity contribution in [3.05, 3.63) is 92.0 Å². The van der Waals surface area contributed by atoms with Gasteiger partial charge < -0.3 is 26.5 Å². The van der Waals surface area contributed by atoms with Crippen LogP contribution in [0.2, 0.25) is 0 Å². The Morgan fingerprint density at radius 1 is 0.394 bits per heavy atom. The normalized spacial score (nSPS) is 16.0. The molecule has 2 heterocycles. The Kier molecular flexibility index (Phi) is 14.9. The van der Waals surface area contributed by atoms with Gasteiger partial charge in [0, 0.05) is 49.6 Å². The maximum absolute atomic E-state index is 7.86. The minimum atomic E-state index is -2.16. The van der Waals surface area contributed by atoms with Crippen molar-refractivity contribution >= 4 is 38.8 Å². The van der Waals surface area contributed by atoms with Crippen LogP contribution in [-0.4, -0.2) is 13.2 Å². The zero-order valence-electron chi connectivity index (χ0n) is 49.7. The van der Waals surface area contributed by atoms with Crippen molar-refractivity contribution in [2.45, 2.75) is 237 Å². The Bertz CT molecular complexity index is 2770. The van der Waals surface area contributed by atoms with Gasteiger partial charge in [0.15, 0.2) is 0 Å². The molecule has 392 valence electrons. The van der Waals surface area contributed by atoms with Gasteiger partial charge in [-0.15, -0.1) is 0 Å². The highest BCUT2D eigenvalue weighted by atomic mass is 31.2. The molecule has 1 aliphatic heterocycles. The molecule has 5 aromatic rings. The van der Waals surface area contributed by atoms with Crippen LogP contribution in [0, 0.1) is 19.3 Å². The maximum Gasteiger partial charge on any atom is 0.453 e. The maximum atomic E-state index is 7.86. The van der Waals surface area contributed by atoms with Crippen LogP contribution in [0.1, 0.15) is 236 Å². The van der Waals surface area contributed by atoms with Gasteiger partial charge in [-0.05, 0) is 103 Å². The summed E-state index contributed by atoms with van der Waals surface area (Å²) in [6.07, 6.45) is 0. The molecule has 0 spiro atoms. The summed E-state index contributed by atoms with van der Waals surface area (Å²) in [6, 6.07) is 14.2. The number of fused-ring (bicyclic) bond motifs is 3. The lowest BCUT2D eigenvalue weighted by molar-refractivity contribution is 0.0425. The van der Waals surface area contributed by atoms with Crippen molar-refractivity contribution < 1.29 is 26.5 Å². The smallest absolute Gasteiger partial charge is 0.426 e. The molecule has 1 saturated heterocycles. The molecule has 6 rings (SSSR count). The predicted molar refractivity (Wildman–Crippen MR) is 307 cm³/mol. The summed E-state index contributed by atoms with van der Waals surface area (Å²) in [5.41, 5.74) is 13.2. The van der Waals surface area contributed by atoms with E-state index >= 15 is 0 Å². The van der Waals surface area contributed by atoms with Crippen molar-refractivity contribution in [1.29, 1.82) is 0 Å². The van der Waals surface area contributed by atoms with Crippen LogP contribution < -0.4 is 9.05 Å². The van der Waals surface area contributed by atoms with E-state index in [-0.39, 0.29) is 48.7 Å². The summed E-state index contributed by atoms with van der Waals surface area (Å²) in [4.78, 5) is 0. The van der Waals surface area contributed by atoms with Gasteiger partial charge in [0.25, 0.3) is 0 Å². The first-order valence-corrected chi connectivity index (χ1v) is 28.4. The lowest BCUT2D eigenvalue weighted by Crippen LogP contribution is -2.29. The Morgan fingerprint density at radius 2 is 0.704 bits per heavy atom. The quantitative estimate of drug-likeness (QED) is 0.164. The number of hydrogen-bond donors (Lipinski definition) is 0. The first-order valence-electron chi connectivity index (χ1n) is 26.2. The topological polar surface area (TPSA) is 63.2 Å². The van der Waals surface area contributed by atoms with E-state index in [4.69, 9.17) is 26.5 Å². The van der Waals surface area contributed by atoms with E-state index in [1.807, 2.05) is 0 Å². The minimum absolute atomic E-state index is 0.120. The number of rotatable bonds is 5. The van der Waals surface area contributed by atoms with E-state index in [1.54, 1.807) is 0 Å². The molecule has 0 N–H and O–H groups in total. The summed E-state index contributed by atoms with van der Waals surface area (Å²) in [7, 11) is -3.89. The second-order valence-electron chi connectivity index (χ2n) is 29.9. The standard InChI is InChI=1S/C63H94O6P2/c1-37-43(57(9,10)11)33-47(61(21,22)23)53(68-70-64-35-63(27,28)36-65-70)49(37)50-38(2)44(58(12,13)14)34-48(62(24,25)26)54(50)69-71-66-51-41(29-39(55(3,4)5)31-45(51)59(15,16)17)42-30-40(56(6,7)8)32-46(52(42)67-71)60(18,19)20/h29-34H,35-36H2,1-28H3. The summed E-state index contributed by atoms with van der Waals surface area (Å²) >= 11 is 0. The summed E-state index contributed by atoms with van der Waals surface area (Å²) in [5, 5.41) is 2.07. The van der Waals surface area contributed by atoms with Gasteiger partial charge in [-0.3, -0.25) is 0 Å². The van der Waals surface area contributed by atoms with Crippen molar-refractivity contribution in [3.63, 3.8) is 0 Å². The molecule has 0 saturated carbocycles. The number of benzene rings is 4. The molecule has 8 heteroatoms.